The number of benzene rings is 1. The van der Waals surface area contributed by atoms with E-state index in [9.17, 15) is 0 Å². The van der Waals surface area contributed by atoms with Gasteiger partial charge >= 0.3 is 0 Å². The van der Waals surface area contributed by atoms with Crippen LogP contribution in [0.15, 0.2) is 23.1 Å². The van der Waals surface area contributed by atoms with E-state index in [2.05, 4.69) is 31.4 Å². The summed E-state index contributed by atoms with van der Waals surface area (Å²) in [5, 5.41) is 0. The van der Waals surface area contributed by atoms with E-state index in [0.29, 0.717) is 0 Å². The molecule has 14 heavy (non-hydrogen) atoms. The van der Waals surface area contributed by atoms with Crippen LogP contribution in [0.5, 0.6) is 0 Å². The second kappa shape index (κ2) is 6.10. The number of hydrogen-bond acceptors (Lipinski definition) is 2. The number of unbranched alkanes of at least 4 members (excludes halogenated alkanes) is 1. The number of thioether (sulfide) groups is 1. The zero-order valence-electron chi connectivity index (χ0n) is 9.05. The van der Waals surface area contributed by atoms with E-state index in [0.717, 1.165) is 19.4 Å². The van der Waals surface area contributed by atoms with Crippen LogP contribution in [0.4, 0.5) is 0 Å². The molecule has 0 aliphatic carbocycles. The highest BCUT2D eigenvalue weighted by atomic mass is 32.2. The van der Waals surface area contributed by atoms with Crippen molar-refractivity contribution in [2.24, 2.45) is 5.73 Å². The molecule has 1 aromatic rings. The second-order valence-electron chi connectivity index (χ2n) is 3.55. The molecule has 0 heterocycles. The summed E-state index contributed by atoms with van der Waals surface area (Å²) in [4.78, 5) is 1.40. The molecule has 0 bridgehead atoms. The Balaban J connectivity index is 2.60. The monoisotopic (exact) mass is 209 g/mol. The van der Waals surface area contributed by atoms with Crippen LogP contribution in [0.25, 0.3) is 0 Å². The van der Waals surface area contributed by atoms with Gasteiger partial charge in [0.2, 0.25) is 0 Å². The van der Waals surface area contributed by atoms with Gasteiger partial charge in [-0.2, -0.15) is 0 Å². The van der Waals surface area contributed by atoms with Crippen LogP contribution < -0.4 is 5.73 Å². The molecule has 0 saturated carbocycles. The number of rotatable bonds is 5. The molecule has 2 heteroatoms. The first-order valence-corrected chi connectivity index (χ1v) is 6.34. The maximum Gasteiger partial charge on any atom is 0.0101 e. The summed E-state index contributed by atoms with van der Waals surface area (Å²) in [6.07, 6.45) is 5.62. The molecule has 0 aliphatic rings. The lowest BCUT2D eigenvalue weighted by Crippen LogP contribution is -1.99. The van der Waals surface area contributed by atoms with Gasteiger partial charge < -0.3 is 5.73 Å². The third kappa shape index (κ3) is 3.35. The van der Waals surface area contributed by atoms with Crippen molar-refractivity contribution in [3.63, 3.8) is 0 Å². The SMILES string of the molecule is CSc1cc(CCCCN)ccc1C. The topological polar surface area (TPSA) is 26.0 Å². The molecule has 0 fully saturated rings. The molecule has 0 aromatic heterocycles. The zero-order valence-corrected chi connectivity index (χ0v) is 9.86. The predicted octanol–water partition coefficient (Wildman–Crippen LogP) is 3.00. The zero-order chi connectivity index (χ0) is 10.4. The van der Waals surface area contributed by atoms with Gasteiger partial charge in [0.05, 0.1) is 0 Å². The molecular formula is C12H19NS. The predicted molar refractivity (Wildman–Crippen MR) is 65.0 cm³/mol. The standard InChI is InChI=1S/C12H19NS/c1-10-6-7-11(5-3-4-8-13)9-12(10)14-2/h6-7,9H,3-5,8,13H2,1-2H3. The fourth-order valence-corrected chi connectivity index (χ4v) is 2.15. The van der Waals surface area contributed by atoms with Crippen LogP contribution >= 0.6 is 11.8 Å². The lowest BCUT2D eigenvalue weighted by Gasteiger charge is -2.06. The van der Waals surface area contributed by atoms with Crippen molar-refractivity contribution in [1.29, 1.82) is 0 Å². The van der Waals surface area contributed by atoms with Gasteiger partial charge in [0.25, 0.3) is 0 Å². The van der Waals surface area contributed by atoms with E-state index in [1.165, 1.54) is 22.4 Å². The first-order valence-electron chi connectivity index (χ1n) is 5.11. The summed E-state index contributed by atoms with van der Waals surface area (Å²) >= 11 is 1.82. The molecule has 0 amide bonds. The van der Waals surface area contributed by atoms with Crippen molar-refractivity contribution in [1.82, 2.24) is 0 Å². The summed E-state index contributed by atoms with van der Waals surface area (Å²) in [5.74, 6) is 0. The van der Waals surface area contributed by atoms with E-state index >= 15 is 0 Å². The Hall–Kier alpha value is -0.470. The molecule has 1 aromatic carbocycles. The molecule has 0 atom stereocenters. The average Bonchev–Trinajstić information content (AvgIpc) is 2.21. The Morgan fingerprint density at radius 1 is 1.29 bits per heavy atom. The first-order chi connectivity index (χ1) is 6.77. The Bertz CT molecular complexity index is 284. The molecule has 78 valence electrons. The van der Waals surface area contributed by atoms with Gasteiger partial charge in [0, 0.05) is 4.90 Å². The van der Waals surface area contributed by atoms with Gasteiger partial charge in [-0.3, -0.25) is 0 Å². The van der Waals surface area contributed by atoms with Crippen LogP contribution in [0, 0.1) is 6.92 Å². The smallest absolute Gasteiger partial charge is 0.0101 e. The maximum absolute atomic E-state index is 5.47. The highest BCUT2D eigenvalue weighted by molar-refractivity contribution is 7.98. The lowest BCUT2D eigenvalue weighted by molar-refractivity contribution is 0.743. The summed E-state index contributed by atoms with van der Waals surface area (Å²) in [7, 11) is 0. The first kappa shape index (κ1) is 11.6. The largest absolute Gasteiger partial charge is 0.330 e. The van der Waals surface area contributed by atoms with Crippen LogP contribution in [0.3, 0.4) is 0 Å². The van der Waals surface area contributed by atoms with E-state index < -0.39 is 0 Å². The molecule has 0 unspecified atom stereocenters. The van der Waals surface area contributed by atoms with Gasteiger partial charge in [-0.05, 0) is 56.2 Å². The Morgan fingerprint density at radius 3 is 2.71 bits per heavy atom. The summed E-state index contributed by atoms with van der Waals surface area (Å²) in [6, 6.07) is 6.74. The number of aryl methyl sites for hydroxylation is 2. The van der Waals surface area contributed by atoms with Gasteiger partial charge in [0.1, 0.15) is 0 Å². The fraction of sp³-hybridized carbons (Fsp3) is 0.500. The Labute approximate surface area is 91.1 Å². The molecule has 0 aliphatic heterocycles. The number of nitrogens with two attached hydrogens (primary N) is 1. The van der Waals surface area contributed by atoms with Gasteiger partial charge in [-0.1, -0.05) is 12.1 Å². The van der Waals surface area contributed by atoms with Gasteiger partial charge in [0.15, 0.2) is 0 Å². The van der Waals surface area contributed by atoms with E-state index in [4.69, 9.17) is 5.73 Å². The second-order valence-corrected chi connectivity index (χ2v) is 4.40. The summed E-state index contributed by atoms with van der Waals surface area (Å²) in [5.41, 5.74) is 8.28. The minimum atomic E-state index is 0.807. The van der Waals surface area contributed by atoms with Crippen molar-refractivity contribution < 1.29 is 0 Å². The van der Waals surface area contributed by atoms with Crippen LogP contribution in [0.2, 0.25) is 0 Å². The van der Waals surface area contributed by atoms with Crippen molar-refractivity contribution in [2.75, 3.05) is 12.8 Å². The molecular weight excluding hydrogens is 190 g/mol. The highest BCUT2D eigenvalue weighted by Gasteiger charge is 1.98. The van der Waals surface area contributed by atoms with E-state index in [-0.39, 0.29) is 0 Å². The highest BCUT2D eigenvalue weighted by Crippen LogP contribution is 2.21. The van der Waals surface area contributed by atoms with E-state index in [1.807, 2.05) is 11.8 Å². The molecule has 1 nitrogen and oxygen atoms in total. The van der Waals surface area contributed by atoms with Crippen LogP contribution in [-0.2, 0) is 6.42 Å². The molecule has 0 saturated heterocycles. The quantitative estimate of drug-likeness (QED) is 0.596. The van der Waals surface area contributed by atoms with Crippen LogP contribution in [-0.4, -0.2) is 12.8 Å². The van der Waals surface area contributed by atoms with Gasteiger partial charge in [-0.15, -0.1) is 11.8 Å². The Morgan fingerprint density at radius 2 is 2.07 bits per heavy atom. The lowest BCUT2D eigenvalue weighted by atomic mass is 10.1. The molecule has 1 rings (SSSR count). The molecule has 0 radical (unpaired) electrons. The molecule has 2 N–H and O–H groups in total. The van der Waals surface area contributed by atoms with Gasteiger partial charge in [-0.25, -0.2) is 0 Å². The van der Waals surface area contributed by atoms with Crippen molar-refractivity contribution in [3.8, 4) is 0 Å². The summed E-state index contributed by atoms with van der Waals surface area (Å²) in [6.45, 7) is 2.97. The Kier molecular flexibility index (Phi) is 5.05. The van der Waals surface area contributed by atoms with Crippen LogP contribution in [0.1, 0.15) is 24.0 Å². The van der Waals surface area contributed by atoms with Crippen molar-refractivity contribution in [2.45, 2.75) is 31.1 Å². The number of hydrogen-bond donors (Lipinski definition) is 1. The van der Waals surface area contributed by atoms with Crippen molar-refractivity contribution in [3.05, 3.63) is 29.3 Å². The minimum absolute atomic E-state index is 0.807. The fourth-order valence-electron chi connectivity index (χ4n) is 1.49. The summed E-state index contributed by atoms with van der Waals surface area (Å²) < 4.78 is 0. The third-order valence-electron chi connectivity index (χ3n) is 2.39. The maximum atomic E-state index is 5.47. The normalized spacial score (nSPS) is 10.5. The van der Waals surface area contributed by atoms with E-state index in [1.54, 1.807) is 0 Å². The average molecular weight is 209 g/mol. The minimum Gasteiger partial charge on any atom is -0.330 e. The van der Waals surface area contributed by atoms with Crippen molar-refractivity contribution >= 4 is 11.8 Å². The third-order valence-corrected chi connectivity index (χ3v) is 3.27. The molecule has 0 spiro atoms.